The minimum absolute atomic E-state index is 0.237. The predicted octanol–water partition coefficient (Wildman–Crippen LogP) is 3.87. The number of hydrogen-bond donors (Lipinski definition) is 2. The Balaban J connectivity index is 1.45. The average Bonchev–Trinajstić information content (AvgIpc) is 3.03. The fraction of sp³-hybridized carbons (Fsp3) is 0.688. The fourth-order valence-corrected chi connectivity index (χ4v) is 6.17. The summed E-state index contributed by atoms with van der Waals surface area (Å²) in [6.07, 6.45) is 9.06. The molecule has 2 heterocycles. The number of ether oxygens (including phenoxy) is 2. The number of alkyl carbamates (subject to hydrolysis) is 1. The molecule has 0 spiro atoms. The Labute approximate surface area is 250 Å². The molecule has 1 atom stereocenters. The number of hydrogen-bond acceptors (Lipinski definition) is 7. The van der Waals surface area contributed by atoms with E-state index in [1.165, 1.54) is 37.7 Å². The van der Waals surface area contributed by atoms with Gasteiger partial charge in [0.1, 0.15) is 11.6 Å². The van der Waals surface area contributed by atoms with Gasteiger partial charge in [0.15, 0.2) is 0 Å². The maximum Gasteiger partial charge on any atom is 0.413 e. The molecule has 3 aliphatic rings. The van der Waals surface area contributed by atoms with Crippen molar-refractivity contribution < 1.29 is 19.1 Å². The summed E-state index contributed by atoms with van der Waals surface area (Å²) in [7, 11) is 0. The summed E-state index contributed by atoms with van der Waals surface area (Å²) in [5.41, 5.74) is 0.376. The van der Waals surface area contributed by atoms with Crippen LogP contribution >= 0.6 is 0 Å². The van der Waals surface area contributed by atoms with E-state index >= 15 is 0 Å². The molecule has 2 N–H and O–H groups in total. The Morgan fingerprint density at radius 3 is 2.50 bits per heavy atom. The van der Waals surface area contributed by atoms with Gasteiger partial charge in [-0.05, 0) is 50.5 Å². The molecule has 2 amide bonds. The Kier molecular flexibility index (Phi) is 12.5. The van der Waals surface area contributed by atoms with E-state index < -0.39 is 17.7 Å². The van der Waals surface area contributed by atoms with E-state index in [4.69, 9.17) is 14.5 Å². The summed E-state index contributed by atoms with van der Waals surface area (Å²) in [5, 5.41) is 16.2. The van der Waals surface area contributed by atoms with Crippen LogP contribution in [-0.4, -0.2) is 91.9 Å². The van der Waals surface area contributed by atoms with Crippen molar-refractivity contribution in [3.05, 3.63) is 35.9 Å². The number of carbonyl (C=O) groups is 2. The van der Waals surface area contributed by atoms with Crippen molar-refractivity contribution in [3.8, 4) is 6.07 Å². The molecular formula is C32H48N6O4. The van der Waals surface area contributed by atoms with Gasteiger partial charge in [0.05, 0.1) is 25.9 Å². The lowest BCUT2D eigenvalue weighted by atomic mass is 9.84. The summed E-state index contributed by atoms with van der Waals surface area (Å²) in [4.78, 5) is 35.5. The number of nitrogens with zero attached hydrogens (tertiary/aromatic N) is 4. The second-order valence-electron chi connectivity index (χ2n) is 11.8. The highest BCUT2D eigenvalue weighted by atomic mass is 16.5. The number of nitriles is 1. The lowest BCUT2D eigenvalue weighted by molar-refractivity contribution is -0.124. The number of rotatable bonds is 10. The molecule has 1 aromatic carbocycles. The highest BCUT2D eigenvalue weighted by Crippen LogP contribution is 2.29. The molecule has 0 bridgehead atoms. The molecule has 1 saturated carbocycles. The van der Waals surface area contributed by atoms with Crippen molar-refractivity contribution in [3.63, 3.8) is 0 Å². The SMILES string of the molecule is CCOC(=O)NC(=N[C@@H](CCC1CCCCC1)C(=O)NC1(C#N)CCN(CCc2ccccc2)CC1)N1CCOCC1. The number of aliphatic imine (C=N–C) groups is 1. The third-order valence-electron chi connectivity index (χ3n) is 8.80. The smallest absolute Gasteiger partial charge is 0.413 e. The zero-order chi connectivity index (χ0) is 29.6. The molecular weight excluding hydrogens is 532 g/mol. The van der Waals surface area contributed by atoms with E-state index in [9.17, 15) is 14.9 Å². The molecule has 2 saturated heterocycles. The van der Waals surface area contributed by atoms with E-state index in [1.807, 2.05) is 11.0 Å². The molecule has 1 aliphatic carbocycles. The second-order valence-corrected chi connectivity index (χ2v) is 11.8. The summed E-state index contributed by atoms with van der Waals surface area (Å²) >= 11 is 0. The minimum Gasteiger partial charge on any atom is -0.450 e. The molecule has 0 unspecified atom stereocenters. The molecule has 2 aliphatic heterocycles. The summed E-state index contributed by atoms with van der Waals surface area (Å²) in [6, 6.07) is 12.1. The molecule has 42 heavy (non-hydrogen) atoms. The summed E-state index contributed by atoms with van der Waals surface area (Å²) in [5.74, 6) is 0.663. The van der Waals surface area contributed by atoms with E-state index in [0.29, 0.717) is 57.4 Å². The van der Waals surface area contributed by atoms with E-state index in [1.54, 1.807) is 6.92 Å². The number of likely N-dealkylation sites (tertiary alicyclic amines) is 1. The summed E-state index contributed by atoms with van der Waals surface area (Å²) in [6.45, 7) is 6.56. The predicted molar refractivity (Wildman–Crippen MR) is 162 cm³/mol. The van der Waals surface area contributed by atoms with Crippen molar-refractivity contribution >= 4 is 18.0 Å². The van der Waals surface area contributed by atoms with Crippen LogP contribution in [0.3, 0.4) is 0 Å². The van der Waals surface area contributed by atoms with Crippen LogP contribution < -0.4 is 10.6 Å². The molecule has 4 rings (SSSR count). The maximum atomic E-state index is 13.9. The van der Waals surface area contributed by atoms with Gasteiger partial charge in [0.25, 0.3) is 0 Å². The number of nitrogens with one attached hydrogen (secondary N) is 2. The first-order valence-corrected chi connectivity index (χ1v) is 15.8. The number of amides is 2. The van der Waals surface area contributed by atoms with Crippen LogP contribution in [0.2, 0.25) is 0 Å². The van der Waals surface area contributed by atoms with Crippen molar-refractivity contribution in [1.29, 1.82) is 5.26 Å². The maximum absolute atomic E-state index is 13.9. The van der Waals surface area contributed by atoms with Gasteiger partial charge in [0.2, 0.25) is 11.9 Å². The topological polar surface area (TPSA) is 119 Å². The van der Waals surface area contributed by atoms with E-state index in [0.717, 1.165) is 32.5 Å². The van der Waals surface area contributed by atoms with Crippen molar-refractivity contribution in [2.45, 2.75) is 82.7 Å². The van der Waals surface area contributed by atoms with Gasteiger partial charge >= 0.3 is 6.09 Å². The monoisotopic (exact) mass is 580 g/mol. The Morgan fingerprint density at radius 1 is 1.12 bits per heavy atom. The number of guanidine groups is 1. The van der Waals surface area contributed by atoms with Crippen LogP contribution in [0.1, 0.15) is 70.3 Å². The number of benzene rings is 1. The number of carbonyl (C=O) groups excluding carboxylic acids is 2. The van der Waals surface area contributed by atoms with E-state index in [-0.39, 0.29) is 12.5 Å². The normalized spacial score (nSPS) is 20.8. The molecule has 10 nitrogen and oxygen atoms in total. The van der Waals surface area contributed by atoms with Gasteiger partial charge < -0.3 is 24.6 Å². The van der Waals surface area contributed by atoms with Gasteiger partial charge in [0, 0.05) is 32.7 Å². The van der Waals surface area contributed by atoms with Crippen molar-refractivity contribution in [2.75, 3.05) is 52.5 Å². The first-order chi connectivity index (χ1) is 20.5. The Bertz CT molecular complexity index is 1050. The van der Waals surface area contributed by atoms with Gasteiger partial charge in [-0.15, -0.1) is 0 Å². The Morgan fingerprint density at radius 2 is 1.83 bits per heavy atom. The third-order valence-corrected chi connectivity index (χ3v) is 8.80. The zero-order valence-corrected chi connectivity index (χ0v) is 25.2. The molecule has 230 valence electrons. The standard InChI is InChI=1S/C32H48N6O4/c1-2-42-31(40)35-30(38-21-23-41-24-22-38)34-28(14-13-26-9-5-3-6-10-26)29(39)36-32(25-33)16-19-37(20-17-32)18-15-27-11-7-4-8-12-27/h4,7-8,11-12,26,28H,2-3,5-6,9-10,13-24H2,1H3,(H,36,39)(H,34,35,40)/t28-/m0/s1. The van der Waals surface area contributed by atoms with Crippen molar-refractivity contribution in [1.82, 2.24) is 20.4 Å². The molecule has 0 radical (unpaired) electrons. The first-order valence-electron chi connectivity index (χ1n) is 15.8. The van der Waals surface area contributed by atoms with Crippen molar-refractivity contribution in [2.24, 2.45) is 10.9 Å². The van der Waals surface area contributed by atoms with Gasteiger partial charge in [-0.2, -0.15) is 5.26 Å². The Hall–Kier alpha value is -3.16. The van der Waals surface area contributed by atoms with Crippen LogP contribution in [0.25, 0.3) is 0 Å². The average molecular weight is 581 g/mol. The highest BCUT2D eigenvalue weighted by Gasteiger charge is 2.38. The quantitative estimate of drug-likeness (QED) is 0.319. The number of piperidine rings is 1. The fourth-order valence-electron chi connectivity index (χ4n) is 6.17. The van der Waals surface area contributed by atoms with Crippen LogP contribution in [0.4, 0.5) is 4.79 Å². The van der Waals surface area contributed by atoms with Crippen LogP contribution in [-0.2, 0) is 20.7 Å². The molecule has 3 fully saturated rings. The zero-order valence-electron chi connectivity index (χ0n) is 25.2. The third kappa shape index (κ3) is 9.70. The van der Waals surface area contributed by atoms with Crippen LogP contribution in [0.5, 0.6) is 0 Å². The lowest BCUT2D eigenvalue weighted by Gasteiger charge is -2.38. The summed E-state index contributed by atoms with van der Waals surface area (Å²) < 4.78 is 10.6. The van der Waals surface area contributed by atoms with E-state index in [2.05, 4.69) is 45.9 Å². The van der Waals surface area contributed by atoms with Crippen LogP contribution in [0.15, 0.2) is 35.3 Å². The van der Waals surface area contributed by atoms with Gasteiger partial charge in [-0.1, -0.05) is 62.4 Å². The van der Waals surface area contributed by atoms with Crippen LogP contribution in [0, 0.1) is 17.2 Å². The minimum atomic E-state index is -0.924. The van der Waals surface area contributed by atoms with Gasteiger partial charge in [-0.3, -0.25) is 10.1 Å². The molecule has 0 aromatic heterocycles. The highest BCUT2D eigenvalue weighted by molar-refractivity contribution is 5.96. The second kappa shape index (κ2) is 16.5. The largest absolute Gasteiger partial charge is 0.450 e. The molecule has 10 heteroatoms. The molecule has 1 aromatic rings. The lowest BCUT2D eigenvalue weighted by Crippen LogP contribution is -2.57. The first kappa shape index (κ1) is 31.8. The number of morpholine rings is 1. The van der Waals surface area contributed by atoms with Gasteiger partial charge in [-0.25, -0.2) is 9.79 Å².